The van der Waals surface area contributed by atoms with Crippen LogP contribution in [0.15, 0.2) is 59.6 Å². The standard InChI is InChI=1S/C19H19NO4/c1-13-17(19(21)23-12-14-6-4-3-5-7-14)20-18(24-13)15-8-10-16(22-2)11-9-15/h3-11,13,17H,12H2,1-2H3/t13-,17-/m0/s1. The van der Waals surface area contributed by atoms with Gasteiger partial charge in [0.1, 0.15) is 18.5 Å². The minimum Gasteiger partial charge on any atom is -0.497 e. The Hall–Kier alpha value is -2.82. The molecule has 5 nitrogen and oxygen atoms in total. The molecule has 2 aromatic rings. The number of aliphatic imine (C=N–C) groups is 1. The number of benzene rings is 2. The molecule has 0 N–H and O–H groups in total. The van der Waals surface area contributed by atoms with Crippen LogP contribution in [0.4, 0.5) is 0 Å². The van der Waals surface area contributed by atoms with Crippen LogP contribution in [0, 0.1) is 0 Å². The van der Waals surface area contributed by atoms with Crippen LogP contribution in [0.2, 0.25) is 0 Å². The summed E-state index contributed by atoms with van der Waals surface area (Å²) in [5.74, 6) is 0.825. The summed E-state index contributed by atoms with van der Waals surface area (Å²) in [5, 5.41) is 0. The van der Waals surface area contributed by atoms with E-state index < -0.39 is 6.04 Å². The van der Waals surface area contributed by atoms with E-state index >= 15 is 0 Å². The molecule has 0 fully saturated rings. The topological polar surface area (TPSA) is 57.1 Å². The van der Waals surface area contributed by atoms with Crippen LogP contribution in [0.25, 0.3) is 0 Å². The highest BCUT2D eigenvalue weighted by Gasteiger charge is 2.35. The van der Waals surface area contributed by atoms with Crippen LogP contribution in [0.5, 0.6) is 5.75 Å². The third kappa shape index (κ3) is 3.56. The van der Waals surface area contributed by atoms with E-state index in [4.69, 9.17) is 14.2 Å². The second-order valence-electron chi connectivity index (χ2n) is 5.52. The van der Waals surface area contributed by atoms with Gasteiger partial charge in [-0.2, -0.15) is 0 Å². The van der Waals surface area contributed by atoms with Gasteiger partial charge >= 0.3 is 5.97 Å². The summed E-state index contributed by atoms with van der Waals surface area (Å²) in [5.41, 5.74) is 1.75. The maximum atomic E-state index is 12.3. The zero-order valence-electron chi connectivity index (χ0n) is 13.6. The highest BCUT2D eigenvalue weighted by Crippen LogP contribution is 2.21. The van der Waals surface area contributed by atoms with Crippen LogP contribution in [-0.4, -0.2) is 31.1 Å². The molecule has 1 aliphatic heterocycles. The van der Waals surface area contributed by atoms with Gasteiger partial charge in [-0.25, -0.2) is 9.79 Å². The lowest BCUT2D eigenvalue weighted by molar-refractivity contribution is -0.147. The zero-order chi connectivity index (χ0) is 16.9. The Balaban J connectivity index is 1.66. The van der Waals surface area contributed by atoms with Gasteiger partial charge < -0.3 is 14.2 Å². The van der Waals surface area contributed by atoms with E-state index in [0.717, 1.165) is 16.9 Å². The zero-order valence-corrected chi connectivity index (χ0v) is 13.6. The number of hydrogen-bond donors (Lipinski definition) is 0. The van der Waals surface area contributed by atoms with Crippen molar-refractivity contribution in [1.29, 1.82) is 0 Å². The van der Waals surface area contributed by atoms with Gasteiger partial charge in [0.2, 0.25) is 5.90 Å². The van der Waals surface area contributed by atoms with E-state index in [9.17, 15) is 4.79 Å². The number of esters is 1. The molecule has 0 amide bonds. The highest BCUT2D eigenvalue weighted by atomic mass is 16.5. The molecular formula is C19H19NO4. The van der Waals surface area contributed by atoms with Gasteiger partial charge in [-0.3, -0.25) is 0 Å². The normalized spacial score (nSPS) is 19.3. The van der Waals surface area contributed by atoms with Crippen molar-refractivity contribution in [2.45, 2.75) is 25.7 Å². The van der Waals surface area contributed by atoms with E-state index in [1.54, 1.807) is 7.11 Å². The summed E-state index contributed by atoms with van der Waals surface area (Å²) < 4.78 is 16.2. The number of ether oxygens (including phenoxy) is 3. The molecule has 1 aliphatic rings. The molecule has 0 spiro atoms. The highest BCUT2D eigenvalue weighted by molar-refractivity contribution is 5.98. The van der Waals surface area contributed by atoms with Gasteiger partial charge in [-0.1, -0.05) is 30.3 Å². The minimum atomic E-state index is -0.647. The Kier molecular flexibility index (Phi) is 4.79. The van der Waals surface area contributed by atoms with E-state index in [0.29, 0.717) is 5.90 Å². The summed E-state index contributed by atoms with van der Waals surface area (Å²) in [6.45, 7) is 2.05. The predicted octanol–water partition coefficient (Wildman–Crippen LogP) is 2.97. The molecule has 24 heavy (non-hydrogen) atoms. The van der Waals surface area contributed by atoms with Gasteiger partial charge in [0.15, 0.2) is 6.04 Å². The fourth-order valence-corrected chi connectivity index (χ4v) is 2.44. The average molecular weight is 325 g/mol. The molecule has 0 saturated carbocycles. The number of rotatable bonds is 5. The Morgan fingerprint density at radius 2 is 1.83 bits per heavy atom. The Morgan fingerprint density at radius 3 is 2.50 bits per heavy atom. The number of carbonyl (C=O) groups excluding carboxylic acids is 1. The van der Waals surface area contributed by atoms with Crippen molar-refractivity contribution in [3.05, 3.63) is 65.7 Å². The maximum absolute atomic E-state index is 12.3. The maximum Gasteiger partial charge on any atom is 0.335 e. The van der Waals surface area contributed by atoms with Gasteiger partial charge in [0.25, 0.3) is 0 Å². The second-order valence-corrected chi connectivity index (χ2v) is 5.52. The third-order valence-corrected chi connectivity index (χ3v) is 3.80. The van der Waals surface area contributed by atoms with Crippen molar-refractivity contribution in [2.24, 2.45) is 4.99 Å². The molecule has 2 aromatic carbocycles. The molecule has 0 bridgehead atoms. The fourth-order valence-electron chi connectivity index (χ4n) is 2.44. The lowest BCUT2D eigenvalue weighted by Crippen LogP contribution is -2.29. The quantitative estimate of drug-likeness (QED) is 0.793. The molecule has 124 valence electrons. The van der Waals surface area contributed by atoms with Gasteiger partial charge in [-0.05, 0) is 36.8 Å². The molecule has 1 heterocycles. The second kappa shape index (κ2) is 7.17. The smallest absolute Gasteiger partial charge is 0.335 e. The molecule has 0 aromatic heterocycles. The molecule has 0 saturated heterocycles. The van der Waals surface area contributed by atoms with E-state index in [2.05, 4.69) is 4.99 Å². The molecule has 3 rings (SSSR count). The average Bonchev–Trinajstić information content (AvgIpc) is 3.02. The van der Waals surface area contributed by atoms with E-state index in [-0.39, 0.29) is 18.7 Å². The summed E-state index contributed by atoms with van der Waals surface area (Å²) >= 11 is 0. The lowest BCUT2D eigenvalue weighted by atomic mass is 10.2. The molecule has 0 unspecified atom stereocenters. The SMILES string of the molecule is COc1ccc(C2=N[C@H](C(=O)OCc3ccccc3)[C@H](C)O2)cc1. The largest absolute Gasteiger partial charge is 0.497 e. The van der Waals surface area contributed by atoms with E-state index in [1.807, 2.05) is 61.5 Å². The molecule has 2 atom stereocenters. The lowest BCUT2D eigenvalue weighted by Gasteiger charge is -2.12. The van der Waals surface area contributed by atoms with Crippen molar-refractivity contribution in [3.63, 3.8) is 0 Å². The first-order valence-corrected chi connectivity index (χ1v) is 7.77. The summed E-state index contributed by atoms with van der Waals surface area (Å²) in [7, 11) is 1.61. The van der Waals surface area contributed by atoms with Gasteiger partial charge in [0, 0.05) is 5.56 Å². The van der Waals surface area contributed by atoms with Crippen molar-refractivity contribution in [2.75, 3.05) is 7.11 Å². The predicted molar refractivity (Wildman–Crippen MR) is 90.1 cm³/mol. The Labute approximate surface area is 140 Å². The van der Waals surface area contributed by atoms with Gasteiger partial charge in [0.05, 0.1) is 7.11 Å². The monoisotopic (exact) mass is 325 g/mol. The minimum absolute atomic E-state index is 0.232. The first kappa shape index (κ1) is 16.1. The summed E-state index contributed by atoms with van der Waals surface area (Å²) in [4.78, 5) is 16.7. The van der Waals surface area contributed by atoms with Crippen LogP contribution < -0.4 is 4.74 Å². The Morgan fingerprint density at radius 1 is 1.12 bits per heavy atom. The number of hydrogen-bond acceptors (Lipinski definition) is 5. The van der Waals surface area contributed by atoms with Crippen LogP contribution >= 0.6 is 0 Å². The van der Waals surface area contributed by atoms with Crippen LogP contribution in [0.1, 0.15) is 18.1 Å². The molecule has 0 radical (unpaired) electrons. The first-order chi connectivity index (χ1) is 11.7. The number of methoxy groups -OCH3 is 1. The molecule has 0 aliphatic carbocycles. The molecular weight excluding hydrogens is 306 g/mol. The first-order valence-electron chi connectivity index (χ1n) is 7.77. The molecule has 5 heteroatoms. The van der Waals surface area contributed by atoms with Crippen LogP contribution in [0.3, 0.4) is 0 Å². The van der Waals surface area contributed by atoms with Crippen molar-refractivity contribution in [1.82, 2.24) is 0 Å². The summed E-state index contributed by atoms with van der Waals surface area (Å²) in [6, 6.07) is 16.3. The number of nitrogens with zero attached hydrogens (tertiary/aromatic N) is 1. The van der Waals surface area contributed by atoms with Crippen molar-refractivity contribution < 1.29 is 19.0 Å². The number of carbonyl (C=O) groups is 1. The summed E-state index contributed by atoms with van der Waals surface area (Å²) in [6.07, 6.45) is -0.356. The van der Waals surface area contributed by atoms with E-state index in [1.165, 1.54) is 0 Å². The third-order valence-electron chi connectivity index (χ3n) is 3.80. The fraction of sp³-hybridized carbons (Fsp3) is 0.263. The van der Waals surface area contributed by atoms with Crippen molar-refractivity contribution in [3.8, 4) is 5.75 Å². The van der Waals surface area contributed by atoms with Crippen LogP contribution in [-0.2, 0) is 20.9 Å². The van der Waals surface area contributed by atoms with Crippen molar-refractivity contribution >= 4 is 11.9 Å². The van der Waals surface area contributed by atoms with Gasteiger partial charge in [-0.15, -0.1) is 0 Å². The Bertz CT molecular complexity index is 725.